The third-order valence-electron chi connectivity index (χ3n) is 5.98. The van der Waals surface area contributed by atoms with Gasteiger partial charge in [0.05, 0.1) is 23.4 Å². The Morgan fingerprint density at radius 2 is 1.71 bits per heavy atom. The molecule has 0 unspecified atom stereocenters. The van der Waals surface area contributed by atoms with Crippen molar-refractivity contribution in [3.8, 4) is 0 Å². The fraction of sp³-hybridized carbons (Fsp3) is 0.240. The maximum absolute atomic E-state index is 12.9. The van der Waals surface area contributed by atoms with Crippen LogP contribution in [0.5, 0.6) is 0 Å². The van der Waals surface area contributed by atoms with Crippen LogP contribution in [0.1, 0.15) is 44.8 Å². The first-order chi connectivity index (χ1) is 17.0. The number of ether oxygens (including phenoxy) is 1. The number of aromatic nitrogens is 1. The van der Waals surface area contributed by atoms with Crippen molar-refractivity contribution >= 4 is 40.3 Å². The van der Waals surface area contributed by atoms with Gasteiger partial charge in [-0.1, -0.05) is 42.5 Å². The lowest BCUT2D eigenvalue weighted by atomic mass is 10.1. The van der Waals surface area contributed by atoms with Crippen molar-refractivity contribution in [3.63, 3.8) is 0 Å². The second kappa shape index (κ2) is 9.67. The van der Waals surface area contributed by atoms with Gasteiger partial charge in [0.1, 0.15) is 12.6 Å². The average molecular weight is 491 g/mol. The molecule has 0 radical (unpaired) electrons. The summed E-state index contributed by atoms with van der Waals surface area (Å²) >= 11 is 1.20. The van der Waals surface area contributed by atoms with Crippen molar-refractivity contribution < 1.29 is 23.9 Å². The molecule has 35 heavy (non-hydrogen) atoms. The summed E-state index contributed by atoms with van der Waals surface area (Å²) in [5, 5.41) is 4.79. The molecule has 1 fully saturated rings. The normalized spacial score (nSPS) is 17.0. The molecule has 1 saturated heterocycles. The summed E-state index contributed by atoms with van der Waals surface area (Å²) in [4.78, 5) is 57.6. The van der Waals surface area contributed by atoms with E-state index < -0.39 is 12.1 Å². The summed E-state index contributed by atoms with van der Waals surface area (Å²) in [5.74, 6) is -1.07. The van der Waals surface area contributed by atoms with Gasteiger partial charge in [0.2, 0.25) is 5.91 Å². The number of imide groups is 1. The Kier molecular flexibility index (Phi) is 6.28. The Hall–Kier alpha value is -4.05. The van der Waals surface area contributed by atoms with Gasteiger partial charge in [0.25, 0.3) is 11.8 Å². The third kappa shape index (κ3) is 4.65. The van der Waals surface area contributed by atoms with Gasteiger partial charge in [-0.25, -0.2) is 9.78 Å². The Morgan fingerprint density at radius 3 is 2.43 bits per heavy atom. The fourth-order valence-electron chi connectivity index (χ4n) is 4.23. The molecule has 0 saturated carbocycles. The van der Waals surface area contributed by atoms with Gasteiger partial charge < -0.3 is 10.1 Å². The number of hydrogen-bond donors (Lipinski definition) is 1. The van der Waals surface area contributed by atoms with E-state index in [1.807, 2.05) is 30.3 Å². The van der Waals surface area contributed by atoms with Crippen molar-refractivity contribution in [1.29, 1.82) is 0 Å². The molecule has 0 bridgehead atoms. The molecular formula is C25H22N4O5S. The lowest BCUT2D eigenvalue weighted by Gasteiger charge is -2.22. The zero-order valence-corrected chi connectivity index (χ0v) is 19.5. The first-order valence-electron chi connectivity index (χ1n) is 11.2. The van der Waals surface area contributed by atoms with Gasteiger partial charge in [-0.05, 0) is 30.5 Å². The minimum absolute atomic E-state index is 0.0140. The molecule has 1 N–H and O–H groups in total. The van der Waals surface area contributed by atoms with Gasteiger partial charge in [-0.3, -0.25) is 24.2 Å². The SMILES string of the molecule is O=C(Nc1nc(CN2C(=O)c3ccccc3C2=O)cs1)[C@@H]1CCCN1C(=O)OCc1ccccc1. The van der Waals surface area contributed by atoms with Gasteiger partial charge in [0.15, 0.2) is 5.13 Å². The Morgan fingerprint density at radius 1 is 1.03 bits per heavy atom. The molecule has 0 spiro atoms. The highest BCUT2D eigenvalue weighted by Crippen LogP contribution is 2.26. The monoisotopic (exact) mass is 490 g/mol. The maximum Gasteiger partial charge on any atom is 0.410 e. The standard InChI is InChI=1S/C25H22N4O5S/c30-21(20-11-6-12-28(20)25(33)34-14-16-7-2-1-3-8-16)27-24-26-17(15-35-24)13-29-22(31)18-9-4-5-10-19(18)23(29)32/h1-5,7-10,15,20H,6,11-14H2,(H,26,27,30)/t20-/m0/s1. The summed E-state index contributed by atoms with van der Waals surface area (Å²) < 4.78 is 5.39. The van der Waals surface area contributed by atoms with E-state index >= 15 is 0 Å². The number of nitrogens with one attached hydrogen (secondary N) is 1. The lowest BCUT2D eigenvalue weighted by molar-refractivity contribution is -0.120. The van der Waals surface area contributed by atoms with Crippen molar-refractivity contribution in [2.45, 2.75) is 32.0 Å². The van der Waals surface area contributed by atoms with Crippen LogP contribution in [0.25, 0.3) is 0 Å². The van der Waals surface area contributed by atoms with E-state index in [1.165, 1.54) is 16.2 Å². The van der Waals surface area contributed by atoms with E-state index in [2.05, 4.69) is 10.3 Å². The molecule has 1 aromatic heterocycles. The minimum atomic E-state index is -0.651. The summed E-state index contributed by atoms with van der Waals surface area (Å²) in [7, 11) is 0. The first-order valence-corrected chi connectivity index (χ1v) is 12.1. The molecule has 178 valence electrons. The number of carbonyl (C=O) groups is 4. The van der Waals surface area contributed by atoms with Crippen LogP contribution in [0.15, 0.2) is 60.0 Å². The molecule has 4 amide bonds. The quantitative estimate of drug-likeness (QED) is 0.528. The highest BCUT2D eigenvalue weighted by molar-refractivity contribution is 7.13. The van der Waals surface area contributed by atoms with Crippen molar-refractivity contribution in [1.82, 2.24) is 14.8 Å². The summed E-state index contributed by atoms with van der Waals surface area (Å²) in [5.41, 5.74) is 2.11. The molecule has 3 aromatic rings. The largest absolute Gasteiger partial charge is 0.445 e. The predicted octanol–water partition coefficient (Wildman–Crippen LogP) is 3.68. The third-order valence-corrected chi connectivity index (χ3v) is 6.78. The molecule has 1 atom stereocenters. The second-order valence-electron chi connectivity index (χ2n) is 8.27. The number of benzene rings is 2. The molecular weight excluding hydrogens is 468 g/mol. The topological polar surface area (TPSA) is 109 Å². The molecule has 10 heteroatoms. The number of carbonyl (C=O) groups excluding carboxylic acids is 4. The van der Waals surface area contributed by atoms with Crippen LogP contribution in [-0.2, 0) is 22.7 Å². The number of anilines is 1. The van der Waals surface area contributed by atoms with Crippen molar-refractivity contribution in [2.75, 3.05) is 11.9 Å². The van der Waals surface area contributed by atoms with Gasteiger partial charge in [-0.2, -0.15) is 0 Å². The van der Waals surface area contributed by atoms with E-state index in [0.29, 0.717) is 41.3 Å². The zero-order chi connectivity index (χ0) is 24.4. The molecule has 5 rings (SSSR count). The van der Waals surface area contributed by atoms with E-state index in [1.54, 1.807) is 29.6 Å². The van der Waals surface area contributed by atoms with Crippen LogP contribution >= 0.6 is 11.3 Å². The van der Waals surface area contributed by atoms with Crippen molar-refractivity contribution in [3.05, 3.63) is 82.4 Å². The van der Waals surface area contributed by atoms with E-state index in [9.17, 15) is 19.2 Å². The van der Waals surface area contributed by atoms with Crippen LogP contribution in [0, 0.1) is 0 Å². The number of amides is 4. The maximum atomic E-state index is 12.9. The number of nitrogens with zero attached hydrogens (tertiary/aromatic N) is 3. The smallest absolute Gasteiger partial charge is 0.410 e. The van der Waals surface area contributed by atoms with Crippen molar-refractivity contribution in [2.24, 2.45) is 0 Å². The summed E-state index contributed by atoms with van der Waals surface area (Å²) in [6.45, 7) is 0.590. The number of fused-ring (bicyclic) bond motifs is 1. The Balaban J connectivity index is 1.18. The number of hydrogen-bond acceptors (Lipinski definition) is 7. The van der Waals surface area contributed by atoms with Crippen LogP contribution in [0.3, 0.4) is 0 Å². The van der Waals surface area contributed by atoms with Crippen LogP contribution in [0.4, 0.5) is 9.93 Å². The molecule has 2 aromatic carbocycles. The Labute approximate surface area is 205 Å². The van der Waals surface area contributed by atoms with Crippen LogP contribution in [0.2, 0.25) is 0 Å². The summed E-state index contributed by atoms with van der Waals surface area (Å²) in [6, 6.07) is 15.4. The Bertz CT molecular complexity index is 1260. The molecule has 9 nitrogen and oxygen atoms in total. The highest BCUT2D eigenvalue weighted by Gasteiger charge is 2.37. The van der Waals surface area contributed by atoms with Crippen LogP contribution in [-0.4, -0.2) is 51.2 Å². The molecule has 0 aliphatic carbocycles. The zero-order valence-electron chi connectivity index (χ0n) is 18.7. The molecule has 2 aliphatic heterocycles. The highest BCUT2D eigenvalue weighted by atomic mass is 32.1. The van der Waals surface area contributed by atoms with E-state index in [-0.39, 0.29) is 30.9 Å². The lowest BCUT2D eigenvalue weighted by Crippen LogP contribution is -2.43. The fourth-order valence-corrected chi connectivity index (χ4v) is 4.93. The second-order valence-corrected chi connectivity index (χ2v) is 9.12. The van der Waals surface area contributed by atoms with E-state index in [4.69, 9.17) is 4.74 Å². The van der Waals surface area contributed by atoms with Gasteiger partial charge >= 0.3 is 6.09 Å². The molecule has 3 heterocycles. The number of thiazole rings is 1. The van der Waals surface area contributed by atoms with Crippen LogP contribution < -0.4 is 5.32 Å². The van der Waals surface area contributed by atoms with Gasteiger partial charge in [0, 0.05) is 11.9 Å². The number of likely N-dealkylation sites (tertiary alicyclic amines) is 1. The number of rotatable bonds is 6. The minimum Gasteiger partial charge on any atom is -0.445 e. The van der Waals surface area contributed by atoms with E-state index in [0.717, 1.165) is 10.5 Å². The first kappa shape index (κ1) is 22.7. The predicted molar refractivity (Wildman–Crippen MR) is 128 cm³/mol. The van der Waals surface area contributed by atoms with Gasteiger partial charge in [-0.15, -0.1) is 11.3 Å². The molecule has 2 aliphatic rings. The summed E-state index contributed by atoms with van der Waals surface area (Å²) in [6.07, 6.45) is 0.693. The average Bonchev–Trinajstić information content (AvgIpc) is 3.60.